The molecule has 0 unspecified atom stereocenters. The van der Waals surface area contributed by atoms with Gasteiger partial charge in [-0.25, -0.2) is 0 Å². The summed E-state index contributed by atoms with van der Waals surface area (Å²) in [7, 11) is 0. The molecule has 3 heteroatoms. The molecule has 0 aliphatic rings. The van der Waals surface area contributed by atoms with Gasteiger partial charge >= 0.3 is 0 Å². The fourth-order valence-corrected chi connectivity index (χ4v) is 5.15. The van der Waals surface area contributed by atoms with Crippen molar-refractivity contribution >= 4 is 54.6 Å². The quantitative estimate of drug-likeness (QED) is 0.250. The maximum Gasteiger partial charge on any atom is 0.147 e. The van der Waals surface area contributed by atoms with E-state index in [0.29, 0.717) is 22.4 Å². The average Bonchev–Trinajstić information content (AvgIpc) is 3.50. The highest BCUT2D eigenvalue weighted by molar-refractivity contribution is 6.25. The predicted octanol–water partition coefficient (Wildman–Crippen LogP) is 9.60. The van der Waals surface area contributed by atoms with E-state index in [1.54, 1.807) is 26.8 Å². The summed E-state index contributed by atoms with van der Waals surface area (Å²) in [5.74, 6) is 0. The lowest BCUT2D eigenvalue weighted by Gasteiger charge is -2.20. The third kappa shape index (κ3) is 3.16. The largest absolute Gasteiger partial charge is 0.455 e. The molecule has 7 aromatic rings. The van der Waals surface area contributed by atoms with E-state index >= 15 is 0 Å². The normalized spacial score (nSPS) is 15.4. The zero-order valence-corrected chi connectivity index (χ0v) is 20.3. The topological polar surface area (TPSA) is 39.2 Å². The van der Waals surface area contributed by atoms with E-state index in [1.807, 2.05) is 48.5 Å². The summed E-state index contributed by atoms with van der Waals surface area (Å²) in [5, 5.41) is 5.73. The van der Waals surface area contributed by atoms with Gasteiger partial charge in [0.15, 0.2) is 0 Å². The highest BCUT2D eigenvalue weighted by Crippen LogP contribution is 2.42. The van der Waals surface area contributed by atoms with Crippen molar-refractivity contribution in [2.24, 2.45) is 5.41 Å². The summed E-state index contributed by atoms with van der Waals surface area (Å²) in [4.78, 5) is 4.53. The molecule has 0 aliphatic carbocycles. The SMILES string of the molecule is [2H]C([2H])([2H])c1cnc(-c2cccc3c2oc2c3ccc3ccc4c5ccccc5oc4c32)cc1C([2H])([2H])C(C)(C)C. The van der Waals surface area contributed by atoms with Crippen LogP contribution in [-0.4, -0.2) is 4.98 Å². The van der Waals surface area contributed by atoms with Gasteiger partial charge in [-0.15, -0.1) is 0 Å². The molecular weight excluding hydrogens is 442 g/mol. The van der Waals surface area contributed by atoms with Crippen LogP contribution in [0.2, 0.25) is 0 Å². The molecule has 0 aliphatic heterocycles. The Morgan fingerprint density at radius 1 is 0.806 bits per heavy atom. The van der Waals surface area contributed by atoms with Crippen molar-refractivity contribution in [3.63, 3.8) is 0 Å². The molecule has 0 radical (unpaired) electrons. The molecule has 7 rings (SSSR count). The van der Waals surface area contributed by atoms with Gasteiger partial charge in [0, 0.05) is 40.2 Å². The van der Waals surface area contributed by atoms with Gasteiger partial charge in [-0.3, -0.25) is 4.98 Å². The van der Waals surface area contributed by atoms with Gasteiger partial charge in [-0.05, 0) is 65.5 Å². The first-order valence-electron chi connectivity index (χ1n) is 14.6. The highest BCUT2D eigenvalue weighted by Gasteiger charge is 2.20. The minimum absolute atomic E-state index is 0.0868. The first-order valence-corrected chi connectivity index (χ1v) is 12.1. The van der Waals surface area contributed by atoms with Crippen LogP contribution >= 0.6 is 0 Å². The van der Waals surface area contributed by atoms with Crippen LogP contribution in [0.25, 0.3) is 65.9 Å². The fourth-order valence-electron chi connectivity index (χ4n) is 5.15. The Morgan fingerprint density at radius 2 is 1.53 bits per heavy atom. The summed E-state index contributed by atoms with van der Waals surface area (Å²) in [5.41, 5.74) is 3.13. The maximum atomic E-state index is 8.92. The van der Waals surface area contributed by atoms with E-state index in [4.69, 9.17) is 15.7 Å². The van der Waals surface area contributed by atoms with Crippen LogP contribution in [0.5, 0.6) is 0 Å². The van der Waals surface area contributed by atoms with E-state index in [-0.39, 0.29) is 11.1 Å². The van der Waals surface area contributed by atoms with Crippen molar-refractivity contribution in [2.75, 3.05) is 0 Å². The lowest BCUT2D eigenvalue weighted by atomic mass is 9.86. The second-order valence-electron chi connectivity index (χ2n) is 10.4. The molecule has 0 fully saturated rings. The minimum atomic E-state index is -2.51. The van der Waals surface area contributed by atoms with Gasteiger partial charge < -0.3 is 8.83 Å². The van der Waals surface area contributed by atoms with Crippen molar-refractivity contribution in [2.45, 2.75) is 34.0 Å². The molecule has 0 amide bonds. The number of aromatic nitrogens is 1. The lowest BCUT2D eigenvalue weighted by Crippen LogP contribution is -2.10. The number of para-hydroxylation sites is 2. The Morgan fingerprint density at radius 3 is 2.33 bits per heavy atom. The maximum absolute atomic E-state index is 8.92. The summed E-state index contributed by atoms with van der Waals surface area (Å²) in [6.45, 7) is 2.78. The second-order valence-corrected chi connectivity index (χ2v) is 10.4. The van der Waals surface area contributed by atoms with Gasteiger partial charge in [-0.2, -0.15) is 0 Å². The van der Waals surface area contributed by atoms with Crippen molar-refractivity contribution in [3.8, 4) is 11.3 Å². The third-order valence-electron chi connectivity index (χ3n) is 6.68. The molecule has 4 aromatic carbocycles. The van der Waals surface area contributed by atoms with Crippen molar-refractivity contribution < 1.29 is 15.7 Å². The molecule has 0 saturated heterocycles. The second kappa shape index (κ2) is 7.44. The van der Waals surface area contributed by atoms with E-state index in [1.165, 1.54) is 6.20 Å². The number of hydrogen-bond acceptors (Lipinski definition) is 3. The number of rotatable bonds is 2. The van der Waals surface area contributed by atoms with Gasteiger partial charge in [0.2, 0.25) is 0 Å². The minimum Gasteiger partial charge on any atom is -0.455 e. The number of furan rings is 2. The molecule has 3 heterocycles. The standard InChI is InChI=1S/C33H27NO2/c1-19-18-34-27(16-21(19)17-33(2,3)4)26-10-7-9-23-25-15-13-20-12-14-24-22-8-5-6-11-28(22)35-31(24)29(20)32(25)36-30(23)26/h5-16,18H,17H2,1-4H3/i1D3,17D2. The first-order chi connectivity index (χ1) is 19.4. The number of pyridine rings is 1. The number of fused-ring (bicyclic) bond motifs is 9. The van der Waals surface area contributed by atoms with Gasteiger partial charge in [0.1, 0.15) is 22.3 Å². The van der Waals surface area contributed by atoms with Crippen molar-refractivity contribution in [3.05, 3.63) is 90.1 Å². The molecule has 176 valence electrons. The number of aryl methyl sites for hydroxylation is 1. The molecule has 0 spiro atoms. The van der Waals surface area contributed by atoms with Gasteiger partial charge in [0.25, 0.3) is 0 Å². The van der Waals surface area contributed by atoms with Crippen LogP contribution in [0.3, 0.4) is 0 Å². The molecule has 36 heavy (non-hydrogen) atoms. The van der Waals surface area contributed by atoms with Crippen molar-refractivity contribution in [1.82, 2.24) is 4.98 Å². The number of benzene rings is 4. The molecule has 3 nitrogen and oxygen atoms in total. The predicted molar refractivity (Wildman–Crippen MR) is 150 cm³/mol. The third-order valence-corrected chi connectivity index (χ3v) is 6.68. The summed E-state index contributed by atoms with van der Waals surface area (Å²) < 4.78 is 55.0. The zero-order valence-electron chi connectivity index (χ0n) is 25.3. The summed E-state index contributed by atoms with van der Waals surface area (Å²) in [6.07, 6.45) is -0.643. The van der Waals surface area contributed by atoms with Crippen LogP contribution in [0.4, 0.5) is 0 Å². The molecule has 0 N–H and O–H groups in total. The molecule has 0 bridgehead atoms. The van der Waals surface area contributed by atoms with Crippen molar-refractivity contribution in [1.29, 1.82) is 0 Å². The first kappa shape index (κ1) is 16.5. The Balaban J connectivity index is 1.53. The summed E-state index contributed by atoms with van der Waals surface area (Å²) >= 11 is 0. The lowest BCUT2D eigenvalue weighted by molar-refractivity contribution is 0.410. The van der Waals surface area contributed by atoms with E-state index in [9.17, 15) is 0 Å². The number of nitrogens with zero attached hydrogens (tertiary/aromatic N) is 1. The number of hydrogen-bond donors (Lipinski definition) is 0. The smallest absolute Gasteiger partial charge is 0.147 e. The Hall–Kier alpha value is -4.11. The van der Waals surface area contributed by atoms with Gasteiger partial charge in [-0.1, -0.05) is 63.2 Å². The Bertz CT molecular complexity index is 2160. The fraction of sp³-hybridized carbons (Fsp3) is 0.182. The Labute approximate surface area is 216 Å². The molecule has 3 aromatic heterocycles. The molecule has 0 atom stereocenters. The van der Waals surface area contributed by atoms with Gasteiger partial charge in [0.05, 0.1) is 11.1 Å². The Kier molecular flexibility index (Phi) is 3.42. The summed E-state index contributed by atoms with van der Waals surface area (Å²) in [6, 6.07) is 23.6. The highest BCUT2D eigenvalue weighted by atomic mass is 16.3. The molecule has 0 saturated carbocycles. The van der Waals surface area contributed by atoms with Crippen LogP contribution in [0.1, 0.15) is 38.8 Å². The van der Waals surface area contributed by atoms with Crippen LogP contribution in [0.15, 0.2) is 87.8 Å². The van der Waals surface area contributed by atoms with Crippen LogP contribution in [-0.2, 0) is 6.37 Å². The monoisotopic (exact) mass is 474 g/mol. The zero-order chi connectivity index (χ0) is 28.9. The van der Waals surface area contributed by atoms with Crippen LogP contribution in [0, 0.1) is 12.3 Å². The molecular formula is C33H27NO2. The van der Waals surface area contributed by atoms with E-state index in [2.05, 4.69) is 23.2 Å². The van der Waals surface area contributed by atoms with Crippen LogP contribution < -0.4 is 0 Å². The average molecular weight is 475 g/mol. The van der Waals surface area contributed by atoms with E-state index in [0.717, 1.165) is 43.5 Å². The van der Waals surface area contributed by atoms with E-state index < -0.39 is 18.6 Å².